The normalized spacial score (nSPS) is 17.9. The third-order valence-corrected chi connectivity index (χ3v) is 5.53. The van der Waals surface area contributed by atoms with E-state index in [-0.39, 0.29) is 17.7 Å². The van der Waals surface area contributed by atoms with E-state index in [0.717, 1.165) is 6.07 Å². The molecule has 1 fully saturated rings. The van der Waals surface area contributed by atoms with E-state index in [4.69, 9.17) is 14.3 Å². The van der Waals surface area contributed by atoms with Gasteiger partial charge in [0.2, 0.25) is 0 Å². The second-order valence-electron chi connectivity index (χ2n) is 8.17. The van der Waals surface area contributed by atoms with Gasteiger partial charge in [0, 0.05) is 11.4 Å². The van der Waals surface area contributed by atoms with Crippen LogP contribution in [0.1, 0.15) is 41.9 Å². The number of benzene rings is 2. The Labute approximate surface area is 201 Å². The second-order valence-corrected chi connectivity index (χ2v) is 8.17. The van der Waals surface area contributed by atoms with Crippen molar-refractivity contribution < 1.29 is 41.4 Å². The van der Waals surface area contributed by atoms with E-state index >= 15 is 0 Å². The van der Waals surface area contributed by atoms with E-state index in [0.29, 0.717) is 49.3 Å². The van der Waals surface area contributed by atoms with Crippen LogP contribution in [0.5, 0.6) is 5.75 Å². The maximum Gasteiger partial charge on any atom is 0.416 e. The van der Waals surface area contributed by atoms with Gasteiger partial charge in [-0.05, 0) is 68.1 Å². The fourth-order valence-corrected chi connectivity index (χ4v) is 3.74. The number of ether oxygens (including phenoxy) is 1. The van der Waals surface area contributed by atoms with E-state index in [1.807, 2.05) is 0 Å². The molecule has 9 nitrogen and oxygen atoms in total. The molecule has 3 N–H and O–H groups in total. The van der Waals surface area contributed by atoms with Crippen LogP contribution in [0, 0.1) is 11.7 Å². The zero-order chi connectivity index (χ0) is 25.9. The minimum absolute atomic E-state index is 0.0874. The highest BCUT2D eigenvalue weighted by molar-refractivity contribution is 6.00. The fraction of sp³-hybridized carbons (Fsp3) is 0.304. The Bertz CT molecular complexity index is 1240. The average Bonchev–Trinajstić information content (AvgIpc) is 3.28. The van der Waals surface area contributed by atoms with Gasteiger partial charge in [-0.3, -0.25) is 9.59 Å². The largest absolute Gasteiger partial charge is 0.490 e. The smallest absolute Gasteiger partial charge is 0.416 e. The molecule has 1 amide bonds. The molecule has 190 valence electrons. The summed E-state index contributed by atoms with van der Waals surface area (Å²) in [5.74, 6) is -2.93. The minimum atomic E-state index is -4.75. The highest BCUT2D eigenvalue weighted by Gasteiger charge is 2.31. The summed E-state index contributed by atoms with van der Waals surface area (Å²) in [6.07, 6.45) is -2.46. The molecule has 0 radical (unpaired) electrons. The Morgan fingerprint density at radius 2 is 1.69 bits per heavy atom. The predicted molar refractivity (Wildman–Crippen MR) is 117 cm³/mol. The zero-order valence-corrected chi connectivity index (χ0v) is 18.5. The van der Waals surface area contributed by atoms with Gasteiger partial charge in [-0.1, -0.05) is 5.10 Å². The van der Waals surface area contributed by atoms with Crippen LogP contribution < -0.4 is 15.4 Å². The van der Waals surface area contributed by atoms with E-state index in [1.54, 1.807) is 24.3 Å². The Balaban J connectivity index is 1.32. The number of halogens is 4. The van der Waals surface area contributed by atoms with Crippen molar-refractivity contribution in [2.45, 2.75) is 38.0 Å². The summed E-state index contributed by atoms with van der Waals surface area (Å²) in [6, 6.07) is 7.85. The maximum atomic E-state index is 13.5. The quantitative estimate of drug-likeness (QED) is 0.370. The van der Waals surface area contributed by atoms with Crippen LogP contribution in [-0.2, 0) is 11.0 Å². The topological polar surface area (TPSA) is 127 Å². The Hall–Kier alpha value is -4.16. The number of amides is 1. The predicted octanol–water partition coefficient (Wildman–Crippen LogP) is 5.25. The fourth-order valence-electron chi connectivity index (χ4n) is 3.74. The van der Waals surface area contributed by atoms with Crippen LogP contribution >= 0.6 is 0 Å². The molecule has 0 saturated heterocycles. The number of nitrogens with zero attached hydrogens (tertiary/aromatic N) is 2. The molecule has 0 aliphatic heterocycles. The molecule has 0 spiro atoms. The number of carbonyl (C=O) groups excluding carboxylic acids is 1. The lowest BCUT2D eigenvalue weighted by atomic mass is 9.87. The molecule has 0 atom stereocenters. The van der Waals surface area contributed by atoms with Crippen molar-refractivity contribution in [2.24, 2.45) is 5.92 Å². The van der Waals surface area contributed by atoms with Crippen molar-refractivity contribution in [1.29, 1.82) is 0 Å². The molecule has 1 heterocycles. The molecule has 1 aliphatic carbocycles. The van der Waals surface area contributed by atoms with Gasteiger partial charge in [-0.15, -0.1) is 5.10 Å². The number of hydrogen-bond acceptors (Lipinski definition) is 7. The monoisotopic (exact) mass is 508 g/mol. The first-order chi connectivity index (χ1) is 17.1. The molecule has 13 heteroatoms. The SMILES string of the molecule is O=C(Nc1ccc(O[C@H]2CC[C@@H](C(=O)O)CC2)cc1)c1nnc(Nc2cc(F)cc(C(F)(F)F)c2)o1. The highest BCUT2D eigenvalue weighted by atomic mass is 19.4. The van der Waals surface area contributed by atoms with Gasteiger partial charge in [-0.25, -0.2) is 4.39 Å². The molecule has 4 rings (SSSR count). The van der Waals surface area contributed by atoms with Crippen molar-refractivity contribution >= 4 is 29.3 Å². The molecule has 36 heavy (non-hydrogen) atoms. The molecule has 2 aromatic carbocycles. The van der Waals surface area contributed by atoms with Gasteiger partial charge >= 0.3 is 30.0 Å². The molecular formula is C23H20F4N4O5. The third-order valence-electron chi connectivity index (χ3n) is 5.53. The molecule has 1 aromatic heterocycles. The van der Waals surface area contributed by atoms with Crippen molar-refractivity contribution in [3.05, 3.63) is 59.7 Å². The van der Waals surface area contributed by atoms with Gasteiger partial charge in [0.25, 0.3) is 0 Å². The van der Waals surface area contributed by atoms with Gasteiger partial charge in [-0.2, -0.15) is 13.2 Å². The summed E-state index contributed by atoms with van der Waals surface area (Å²) in [7, 11) is 0. The number of alkyl halides is 3. The number of rotatable bonds is 7. The zero-order valence-electron chi connectivity index (χ0n) is 18.5. The molecule has 3 aromatic rings. The second kappa shape index (κ2) is 10.2. The summed E-state index contributed by atoms with van der Waals surface area (Å²) in [6.45, 7) is 0. The number of hydrogen-bond donors (Lipinski definition) is 3. The first-order valence-electron chi connectivity index (χ1n) is 10.9. The van der Waals surface area contributed by atoms with Crippen molar-refractivity contribution in [2.75, 3.05) is 10.6 Å². The molecule has 0 bridgehead atoms. The number of aliphatic carboxylic acids is 1. The Kier molecular flexibility index (Phi) is 7.08. The standard InChI is InChI=1S/C23H20F4N4O5/c24-14-9-13(23(25,26)27)10-16(11-14)29-22-31-30-20(36-22)19(32)28-15-3-7-18(8-4-15)35-17-5-1-12(2-6-17)21(33)34/h3-4,7-12,17H,1-2,5-6H2,(H,28,32)(H,29,31)(H,33,34)/t12-,17+. The number of carboxylic acids is 1. The summed E-state index contributed by atoms with van der Waals surface area (Å²) in [5.41, 5.74) is -1.11. The van der Waals surface area contributed by atoms with Crippen LogP contribution in [0.2, 0.25) is 0 Å². The van der Waals surface area contributed by atoms with Crippen LogP contribution in [0.25, 0.3) is 0 Å². The lowest BCUT2D eigenvalue weighted by Crippen LogP contribution is -2.27. The van der Waals surface area contributed by atoms with Crippen molar-refractivity contribution in [3.8, 4) is 5.75 Å². The van der Waals surface area contributed by atoms with E-state index in [2.05, 4.69) is 20.8 Å². The summed E-state index contributed by atoms with van der Waals surface area (Å²) < 4.78 is 63.1. The summed E-state index contributed by atoms with van der Waals surface area (Å²) >= 11 is 0. The number of aromatic nitrogens is 2. The van der Waals surface area contributed by atoms with Gasteiger partial charge in [0.05, 0.1) is 17.6 Å². The first kappa shape index (κ1) is 24.9. The lowest BCUT2D eigenvalue weighted by molar-refractivity contribution is -0.143. The first-order valence-corrected chi connectivity index (χ1v) is 10.9. The number of anilines is 3. The van der Waals surface area contributed by atoms with Crippen molar-refractivity contribution in [3.63, 3.8) is 0 Å². The molecule has 1 aliphatic rings. The van der Waals surface area contributed by atoms with Gasteiger partial charge in [0.1, 0.15) is 11.6 Å². The van der Waals surface area contributed by atoms with Gasteiger partial charge < -0.3 is 24.9 Å². The number of carbonyl (C=O) groups is 2. The number of carboxylic acid groups (broad SMARTS) is 1. The highest BCUT2D eigenvalue weighted by Crippen LogP contribution is 2.32. The van der Waals surface area contributed by atoms with E-state index in [9.17, 15) is 27.2 Å². The Morgan fingerprint density at radius 3 is 2.33 bits per heavy atom. The van der Waals surface area contributed by atoms with E-state index in [1.165, 1.54) is 0 Å². The number of nitrogens with one attached hydrogen (secondary N) is 2. The summed E-state index contributed by atoms with van der Waals surface area (Å²) in [5, 5.41) is 21.0. The van der Waals surface area contributed by atoms with Crippen LogP contribution in [-0.4, -0.2) is 33.3 Å². The minimum Gasteiger partial charge on any atom is -0.490 e. The van der Waals surface area contributed by atoms with Crippen LogP contribution in [0.4, 0.5) is 35.0 Å². The summed E-state index contributed by atoms with van der Waals surface area (Å²) in [4.78, 5) is 23.4. The van der Waals surface area contributed by atoms with Gasteiger partial charge in [0.15, 0.2) is 0 Å². The molecule has 1 saturated carbocycles. The molecular weight excluding hydrogens is 488 g/mol. The Morgan fingerprint density at radius 1 is 1.00 bits per heavy atom. The van der Waals surface area contributed by atoms with Crippen LogP contribution in [0.15, 0.2) is 46.9 Å². The molecule has 0 unspecified atom stereocenters. The average molecular weight is 508 g/mol. The lowest BCUT2D eigenvalue weighted by Gasteiger charge is -2.26. The third kappa shape index (κ3) is 6.29. The van der Waals surface area contributed by atoms with Crippen LogP contribution in [0.3, 0.4) is 0 Å². The maximum absolute atomic E-state index is 13.5. The van der Waals surface area contributed by atoms with E-state index < -0.39 is 41.3 Å². The van der Waals surface area contributed by atoms with Crippen molar-refractivity contribution in [1.82, 2.24) is 10.2 Å².